The third-order valence-corrected chi connectivity index (χ3v) is 5.51. The van der Waals surface area contributed by atoms with Crippen LogP contribution in [0.5, 0.6) is 0 Å². The maximum atomic E-state index is 9.55. The topological polar surface area (TPSA) is 116 Å². The second kappa shape index (κ2) is 21.7. The Hall–Kier alpha value is -2.15. The molecule has 1 aliphatic rings. The SMILES string of the molecule is CCCCCCCCCCCCCCC/C=C/C1=NCCN1C(C)N.O=C(O)/C=C\C(=O)O. The molecule has 0 aromatic carbocycles. The second-order valence-electron chi connectivity index (χ2n) is 8.62. The minimum Gasteiger partial charge on any atom is -0.478 e. The zero-order chi connectivity index (χ0) is 24.7. The van der Waals surface area contributed by atoms with Crippen LogP contribution in [0, 0.1) is 0 Å². The summed E-state index contributed by atoms with van der Waals surface area (Å²) in [5.74, 6) is -1.44. The van der Waals surface area contributed by atoms with Gasteiger partial charge in [-0.3, -0.25) is 4.99 Å². The summed E-state index contributed by atoms with van der Waals surface area (Å²) < 4.78 is 0. The quantitative estimate of drug-likeness (QED) is 0.175. The van der Waals surface area contributed by atoms with E-state index in [4.69, 9.17) is 15.9 Å². The number of allylic oxidation sites excluding steroid dienone is 1. The smallest absolute Gasteiger partial charge is 0.328 e. The van der Waals surface area contributed by atoms with Crippen molar-refractivity contribution < 1.29 is 19.8 Å². The van der Waals surface area contributed by atoms with Gasteiger partial charge in [-0.05, 0) is 25.8 Å². The lowest BCUT2D eigenvalue weighted by atomic mass is 10.0. The van der Waals surface area contributed by atoms with Gasteiger partial charge in [0.2, 0.25) is 0 Å². The lowest BCUT2D eigenvalue weighted by molar-refractivity contribution is -0.134. The summed E-state index contributed by atoms with van der Waals surface area (Å²) >= 11 is 0. The van der Waals surface area contributed by atoms with Gasteiger partial charge in [-0.1, -0.05) is 90.0 Å². The number of aliphatic carboxylic acids is 2. The van der Waals surface area contributed by atoms with Crippen molar-refractivity contribution in [2.24, 2.45) is 10.7 Å². The van der Waals surface area contributed by atoms with Crippen molar-refractivity contribution in [3.63, 3.8) is 0 Å². The minimum atomic E-state index is -1.26. The van der Waals surface area contributed by atoms with E-state index in [1.54, 1.807) is 0 Å². The normalized spacial score (nSPS) is 14.4. The molecule has 0 amide bonds. The molecule has 1 rings (SSSR count). The highest BCUT2D eigenvalue weighted by Crippen LogP contribution is 2.13. The van der Waals surface area contributed by atoms with Crippen LogP contribution in [0.15, 0.2) is 29.3 Å². The number of hydrogen-bond acceptors (Lipinski definition) is 5. The summed E-state index contributed by atoms with van der Waals surface area (Å²) in [6.07, 6.45) is 25.2. The lowest BCUT2D eigenvalue weighted by Crippen LogP contribution is -2.41. The average Bonchev–Trinajstić information content (AvgIpc) is 3.24. The molecule has 33 heavy (non-hydrogen) atoms. The van der Waals surface area contributed by atoms with Gasteiger partial charge in [0, 0.05) is 18.7 Å². The number of nitrogens with two attached hydrogens (primary N) is 1. The summed E-state index contributed by atoms with van der Waals surface area (Å²) in [7, 11) is 0. The third-order valence-electron chi connectivity index (χ3n) is 5.51. The summed E-state index contributed by atoms with van der Waals surface area (Å²) in [4.78, 5) is 25.8. The maximum absolute atomic E-state index is 9.55. The predicted octanol–water partition coefficient (Wildman–Crippen LogP) is 5.75. The Morgan fingerprint density at radius 2 is 1.36 bits per heavy atom. The van der Waals surface area contributed by atoms with Crippen molar-refractivity contribution in [2.75, 3.05) is 13.1 Å². The molecule has 1 aliphatic heterocycles. The summed E-state index contributed by atoms with van der Waals surface area (Å²) in [5.41, 5.74) is 5.96. The van der Waals surface area contributed by atoms with Crippen LogP contribution >= 0.6 is 0 Å². The van der Waals surface area contributed by atoms with Crippen molar-refractivity contribution in [3.8, 4) is 0 Å². The van der Waals surface area contributed by atoms with Gasteiger partial charge in [-0.15, -0.1) is 0 Å². The first-order valence-corrected chi connectivity index (χ1v) is 12.8. The highest BCUT2D eigenvalue weighted by atomic mass is 16.4. The van der Waals surface area contributed by atoms with Crippen LogP contribution < -0.4 is 5.73 Å². The van der Waals surface area contributed by atoms with E-state index in [9.17, 15) is 9.59 Å². The number of carboxylic acids is 2. The van der Waals surface area contributed by atoms with Crippen molar-refractivity contribution in [1.29, 1.82) is 0 Å². The number of carboxylic acid groups (broad SMARTS) is 2. The molecular weight excluding hydrogens is 418 g/mol. The number of amidine groups is 1. The number of unbranched alkanes of at least 4 members (excludes halogenated alkanes) is 13. The molecule has 0 radical (unpaired) electrons. The Kier molecular flexibility index (Phi) is 20.3. The van der Waals surface area contributed by atoms with Crippen molar-refractivity contribution in [3.05, 3.63) is 24.3 Å². The zero-order valence-corrected chi connectivity index (χ0v) is 20.9. The number of hydrogen-bond donors (Lipinski definition) is 3. The molecule has 190 valence electrons. The fourth-order valence-electron chi connectivity index (χ4n) is 3.65. The number of carbonyl (C=O) groups is 2. The Balaban J connectivity index is 0.00000109. The number of aliphatic imine (C=N–C) groups is 1. The van der Waals surface area contributed by atoms with E-state index in [1.165, 1.54) is 89.9 Å². The molecule has 7 nitrogen and oxygen atoms in total. The molecule has 0 aliphatic carbocycles. The van der Waals surface area contributed by atoms with Crippen LogP contribution in [0.25, 0.3) is 0 Å². The van der Waals surface area contributed by atoms with Crippen molar-refractivity contribution in [1.82, 2.24) is 4.90 Å². The molecule has 7 heteroatoms. The Bertz CT molecular complexity index is 584. The fraction of sp³-hybridized carbons (Fsp3) is 0.731. The van der Waals surface area contributed by atoms with Crippen molar-refractivity contribution in [2.45, 2.75) is 110 Å². The summed E-state index contributed by atoms with van der Waals surface area (Å²) in [6.45, 7) is 6.17. The molecule has 0 aromatic heterocycles. The zero-order valence-electron chi connectivity index (χ0n) is 20.9. The van der Waals surface area contributed by atoms with E-state index in [2.05, 4.69) is 29.0 Å². The molecule has 0 spiro atoms. The van der Waals surface area contributed by atoms with Gasteiger partial charge in [0.05, 0.1) is 12.7 Å². The average molecular weight is 466 g/mol. The van der Waals surface area contributed by atoms with E-state index in [-0.39, 0.29) is 6.17 Å². The minimum absolute atomic E-state index is 0.0715. The van der Waals surface area contributed by atoms with Gasteiger partial charge in [-0.2, -0.15) is 0 Å². The van der Waals surface area contributed by atoms with Gasteiger partial charge >= 0.3 is 11.9 Å². The van der Waals surface area contributed by atoms with E-state index >= 15 is 0 Å². The first kappa shape index (κ1) is 30.9. The molecule has 0 saturated heterocycles. The van der Waals surface area contributed by atoms with Gasteiger partial charge < -0.3 is 20.8 Å². The van der Waals surface area contributed by atoms with Crippen LogP contribution in [0.3, 0.4) is 0 Å². The van der Waals surface area contributed by atoms with Gasteiger partial charge in [0.15, 0.2) is 0 Å². The van der Waals surface area contributed by atoms with Crippen LogP contribution in [-0.4, -0.2) is 52.1 Å². The lowest BCUT2D eigenvalue weighted by Gasteiger charge is -2.22. The van der Waals surface area contributed by atoms with Crippen molar-refractivity contribution >= 4 is 17.8 Å². The fourth-order valence-corrected chi connectivity index (χ4v) is 3.65. The second-order valence-corrected chi connectivity index (χ2v) is 8.62. The number of nitrogens with zero attached hydrogens (tertiary/aromatic N) is 2. The molecule has 0 aromatic rings. The van der Waals surface area contributed by atoms with E-state index in [1.807, 2.05) is 6.92 Å². The van der Waals surface area contributed by atoms with Crippen LogP contribution in [0.1, 0.15) is 104 Å². The van der Waals surface area contributed by atoms with E-state index in [0.717, 1.165) is 18.9 Å². The first-order valence-electron chi connectivity index (χ1n) is 12.8. The van der Waals surface area contributed by atoms with Gasteiger partial charge in [0.1, 0.15) is 5.84 Å². The van der Waals surface area contributed by atoms with E-state index < -0.39 is 11.9 Å². The number of rotatable bonds is 18. The van der Waals surface area contributed by atoms with Crippen LogP contribution in [0.4, 0.5) is 0 Å². The molecule has 0 saturated carbocycles. The van der Waals surface area contributed by atoms with Crippen LogP contribution in [0.2, 0.25) is 0 Å². The molecule has 0 bridgehead atoms. The Labute approximate surface area is 200 Å². The predicted molar refractivity (Wildman–Crippen MR) is 137 cm³/mol. The van der Waals surface area contributed by atoms with Gasteiger partial charge in [0.25, 0.3) is 0 Å². The molecular formula is C26H47N3O4. The molecule has 4 N–H and O–H groups in total. The maximum Gasteiger partial charge on any atom is 0.328 e. The largest absolute Gasteiger partial charge is 0.478 e. The first-order chi connectivity index (χ1) is 15.9. The molecule has 1 heterocycles. The monoisotopic (exact) mass is 465 g/mol. The molecule has 1 unspecified atom stereocenters. The highest BCUT2D eigenvalue weighted by Gasteiger charge is 2.16. The Morgan fingerprint density at radius 1 is 0.909 bits per heavy atom. The van der Waals surface area contributed by atoms with Crippen LogP contribution in [-0.2, 0) is 9.59 Å². The molecule has 1 atom stereocenters. The Morgan fingerprint density at radius 3 is 1.79 bits per heavy atom. The van der Waals surface area contributed by atoms with Gasteiger partial charge in [-0.25, -0.2) is 9.59 Å². The molecule has 0 fully saturated rings. The summed E-state index contributed by atoms with van der Waals surface area (Å²) in [5, 5.41) is 15.6. The van der Waals surface area contributed by atoms with E-state index in [0.29, 0.717) is 12.2 Å². The summed E-state index contributed by atoms with van der Waals surface area (Å²) in [6, 6.07) is 0. The highest BCUT2D eigenvalue weighted by molar-refractivity contribution is 5.94. The standard InChI is InChI=1S/C22H43N3.C4H4O4/c1-3-4-5-6-7-8-9-10-11-12-13-14-15-16-17-18-22-24-19-20-25(22)21(2)23;5-3(6)1-2-4(7)8/h17-18,21H,3-16,19-20,23H2,1-2H3;1-2H,(H,5,6)(H,7,8)/b18-17+;2-1-. The third kappa shape index (κ3) is 20.2.